The normalized spacial score (nSPS) is 11.2. The summed E-state index contributed by atoms with van der Waals surface area (Å²) in [5, 5.41) is 0. The molecule has 82 valence electrons. The van der Waals surface area contributed by atoms with Gasteiger partial charge in [-0.3, -0.25) is 10.4 Å². The van der Waals surface area contributed by atoms with Crippen molar-refractivity contribution in [2.75, 3.05) is 13.7 Å². The van der Waals surface area contributed by atoms with Crippen LogP contribution >= 0.6 is 0 Å². The van der Waals surface area contributed by atoms with Crippen LogP contribution in [0.15, 0.2) is 29.3 Å². The number of hydrogen-bond donors (Lipinski definition) is 3. The van der Waals surface area contributed by atoms with Crippen LogP contribution in [-0.4, -0.2) is 19.6 Å². The lowest BCUT2D eigenvalue weighted by molar-refractivity contribution is 0.414. The molecule has 0 aliphatic rings. The molecule has 5 heteroatoms. The third kappa shape index (κ3) is 3.86. The number of methoxy groups -OCH3 is 1. The zero-order valence-corrected chi connectivity index (χ0v) is 8.73. The minimum Gasteiger partial charge on any atom is -0.497 e. The first kappa shape index (κ1) is 11.3. The molecule has 0 fully saturated rings. The number of nitrogens with one attached hydrogen (secondary N) is 1. The van der Waals surface area contributed by atoms with Gasteiger partial charge >= 0.3 is 0 Å². The lowest BCUT2D eigenvalue weighted by Gasteiger charge is -2.02. The second kappa shape index (κ2) is 5.87. The van der Waals surface area contributed by atoms with Crippen molar-refractivity contribution in [3.63, 3.8) is 0 Å². The summed E-state index contributed by atoms with van der Waals surface area (Å²) >= 11 is 0. The number of guanidine groups is 1. The van der Waals surface area contributed by atoms with Gasteiger partial charge in [0.1, 0.15) is 5.75 Å². The van der Waals surface area contributed by atoms with Crippen LogP contribution in [0.25, 0.3) is 0 Å². The molecule has 1 aromatic carbocycles. The summed E-state index contributed by atoms with van der Waals surface area (Å²) in [6, 6.07) is 7.84. The molecular formula is C10H16N4O. The number of aliphatic imine (C=N–C) groups is 1. The van der Waals surface area contributed by atoms with Gasteiger partial charge in [-0.15, -0.1) is 0 Å². The molecule has 5 nitrogen and oxygen atoms in total. The molecule has 0 aromatic heterocycles. The second-order valence-electron chi connectivity index (χ2n) is 3.01. The average Bonchev–Trinajstić information content (AvgIpc) is 2.29. The van der Waals surface area contributed by atoms with Gasteiger partial charge in [0.15, 0.2) is 0 Å². The minimum absolute atomic E-state index is 0.253. The number of ether oxygens (including phenoxy) is 1. The molecule has 0 aliphatic heterocycles. The Morgan fingerprint density at radius 1 is 1.40 bits per heavy atom. The van der Waals surface area contributed by atoms with Gasteiger partial charge in [-0.05, 0) is 24.1 Å². The van der Waals surface area contributed by atoms with Crippen molar-refractivity contribution in [2.45, 2.75) is 6.42 Å². The van der Waals surface area contributed by atoms with Crippen LogP contribution in [0.4, 0.5) is 0 Å². The lowest BCUT2D eigenvalue weighted by atomic mass is 10.1. The van der Waals surface area contributed by atoms with E-state index in [1.54, 1.807) is 7.11 Å². The van der Waals surface area contributed by atoms with Crippen molar-refractivity contribution in [1.82, 2.24) is 5.43 Å². The van der Waals surface area contributed by atoms with E-state index in [0.29, 0.717) is 6.54 Å². The van der Waals surface area contributed by atoms with Crippen LogP contribution < -0.4 is 21.7 Å². The topological polar surface area (TPSA) is 85.7 Å². The van der Waals surface area contributed by atoms with Gasteiger partial charge in [0.25, 0.3) is 0 Å². The smallest absolute Gasteiger partial charge is 0.203 e. The predicted octanol–water partition coefficient (Wildman–Crippen LogP) is 0.0157. The van der Waals surface area contributed by atoms with Crippen LogP contribution in [0, 0.1) is 0 Å². The molecule has 0 saturated carbocycles. The quantitative estimate of drug-likeness (QED) is 0.282. The van der Waals surface area contributed by atoms with E-state index < -0.39 is 0 Å². The largest absolute Gasteiger partial charge is 0.497 e. The summed E-state index contributed by atoms with van der Waals surface area (Å²) in [6.07, 6.45) is 0.826. The molecule has 0 bridgehead atoms. The SMILES string of the molecule is COc1ccc(CCN=C(N)NN)cc1. The fourth-order valence-corrected chi connectivity index (χ4v) is 1.14. The molecule has 0 heterocycles. The third-order valence-electron chi connectivity index (χ3n) is 1.99. The first-order valence-electron chi connectivity index (χ1n) is 4.65. The average molecular weight is 208 g/mol. The van der Waals surface area contributed by atoms with E-state index in [1.807, 2.05) is 24.3 Å². The Morgan fingerprint density at radius 3 is 2.60 bits per heavy atom. The minimum atomic E-state index is 0.253. The number of hydrogen-bond acceptors (Lipinski definition) is 3. The zero-order valence-electron chi connectivity index (χ0n) is 8.73. The van der Waals surface area contributed by atoms with E-state index in [2.05, 4.69) is 10.4 Å². The number of benzene rings is 1. The highest BCUT2D eigenvalue weighted by Gasteiger charge is 1.94. The molecule has 0 aliphatic carbocycles. The molecule has 0 radical (unpaired) electrons. The van der Waals surface area contributed by atoms with E-state index in [4.69, 9.17) is 16.3 Å². The van der Waals surface area contributed by atoms with Crippen LogP contribution in [0.2, 0.25) is 0 Å². The van der Waals surface area contributed by atoms with Gasteiger partial charge in [0.05, 0.1) is 7.11 Å². The van der Waals surface area contributed by atoms with E-state index in [1.165, 1.54) is 5.56 Å². The van der Waals surface area contributed by atoms with E-state index in [-0.39, 0.29) is 5.96 Å². The molecule has 1 rings (SSSR count). The predicted molar refractivity (Wildman–Crippen MR) is 60.5 cm³/mol. The van der Waals surface area contributed by atoms with Crippen molar-refractivity contribution in [3.05, 3.63) is 29.8 Å². The maximum atomic E-state index is 5.38. The Morgan fingerprint density at radius 2 is 2.07 bits per heavy atom. The molecule has 0 amide bonds. The van der Waals surface area contributed by atoms with Crippen molar-refractivity contribution in [2.24, 2.45) is 16.6 Å². The molecule has 5 N–H and O–H groups in total. The fourth-order valence-electron chi connectivity index (χ4n) is 1.14. The number of hydrazine groups is 1. The van der Waals surface area contributed by atoms with E-state index in [9.17, 15) is 0 Å². The van der Waals surface area contributed by atoms with Crippen molar-refractivity contribution < 1.29 is 4.74 Å². The Labute approximate surface area is 89.1 Å². The molecule has 1 aromatic rings. The number of nitrogens with two attached hydrogens (primary N) is 2. The highest BCUT2D eigenvalue weighted by atomic mass is 16.5. The van der Waals surface area contributed by atoms with E-state index >= 15 is 0 Å². The highest BCUT2D eigenvalue weighted by Crippen LogP contribution is 2.11. The fraction of sp³-hybridized carbons (Fsp3) is 0.300. The Balaban J connectivity index is 2.44. The van der Waals surface area contributed by atoms with Crippen LogP contribution in [0.1, 0.15) is 5.56 Å². The van der Waals surface area contributed by atoms with Gasteiger partial charge in [0.2, 0.25) is 5.96 Å². The summed E-state index contributed by atoms with van der Waals surface area (Å²) < 4.78 is 5.06. The van der Waals surface area contributed by atoms with Gasteiger partial charge in [-0.1, -0.05) is 12.1 Å². The Kier molecular flexibility index (Phi) is 4.43. The highest BCUT2D eigenvalue weighted by molar-refractivity contribution is 5.77. The number of rotatable bonds is 4. The zero-order chi connectivity index (χ0) is 11.1. The van der Waals surface area contributed by atoms with Crippen LogP contribution in [0.3, 0.4) is 0 Å². The summed E-state index contributed by atoms with van der Waals surface area (Å²) in [6.45, 7) is 0.613. The summed E-state index contributed by atoms with van der Waals surface area (Å²) in [5.41, 5.74) is 8.84. The maximum Gasteiger partial charge on any atom is 0.203 e. The lowest BCUT2D eigenvalue weighted by Crippen LogP contribution is -2.37. The van der Waals surface area contributed by atoms with E-state index in [0.717, 1.165) is 12.2 Å². The standard InChI is InChI=1S/C10H16N4O/c1-15-9-4-2-8(3-5-9)6-7-13-10(11)14-12/h2-5H,6-7,12H2,1H3,(H3,11,13,14). The van der Waals surface area contributed by atoms with Crippen LogP contribution in [0.5, 0.6) is 5.75 Å². The Hall–Kier alpha value is -1.75. The molecule has 0 atom stereocenters. The summed E-state index contributed by atoms with van der Waals surface area (Å²) in [7, 11) is 1.65. The van der Waals surface area contributed by atoms with Crippen molar-refractivity contribution >= 4 is 5.96 Å². The maximum absolute atomic E-state index is 5.38. The first-order chi connectivity index (χ1) is 7.26. The first-order valence-corrected chi connectivity index (χ1v) is 4.65. The molecule has 0 saturated heterocycles. The molecule has 0 spiro atoms. The molecular weight excluding hydrogens is 192 g/mol. The van der Waals surface area contributed by atoms with Gasteiger partial charge in [-0.2, -0.15) is 0 Å². The number of nitrogens with zero attached hydrogens (tertiary/aromatic N) is 1. The van der Waals surface area contributed by atoms with Crippen molar-refractivity contribution in [1.29, 1.82) is 0 Å². The monoisotopic (exact) mass is 208 g/mol. The summed E-state index contributed by atoms with van der Waals surface area (Å²) in [4.78, 5) is 4.01. The molecule has 0 unspecified atom stereocenters. The van der Waals surface area contributed by atoms with Gasteiger partial charge < -0.3 is 10.5 Å². The molecule has 15 heavy (non-hydrogen) atoms. The van der Waals surface area contributed by atoms with Crippen molar-refractivity contribution in [3.8, 4) is 5.75 Å². The second-order valence-corrected chi connectivity index (χ2v) is 3.01. The van der Waals surface area contributed by atoms with Gasteiger partial charge in [-0.25, -0.2) is 5.84 Å². The third-order valence-corrected chi connectivity index (χ3v) is 1.99. The van der Waals surface area contributed by atoms with Gasteiger partial charge in [0, 0.05) is 6.54 Å². The summed E-state index contributed by atoms with van der Waals surface area (Å²) in [5.74, 6) is 6.17. The van der Waals surface area contributed by atoms with Crippen LogP contribution in [-0.2, 0) is 6.42 Å². The Bertz CT molecular complexity index is 321.